The number of para-hydroxylation sites is 1. The Morgan fingerprint density at radius 1 is 1.04 bits per heavy atom. The molecular formula is C15H23NO2S9Si. The van der Waals surface area contributed by atoms with Gasteiger partial charge in [-0.05, 0) is 94.8 Å². The number of fused-ring (bicyclic) bond motifs is 1. The Kier molecular flexibility index (Phi) is 14.1. The van der Waals surface area contributed by atoms with E-state index >= 15 is 0 Å². The van der Waals surface area contributed by atoms with Gasteiger partial charge in [0.15, 0.2) is 4.34 Å². The fourth-order valence-corrected chi connectivity index (χ4v) is 23.3. The fraction of sp³-hybridized carbons (Fsp3) is 0.533. The zero-order valence-corrected chi connectivity index (χ0v) is 24.3. The van der Waals surface area contributed by atoms with Gasteiger partial charge in [-0.25, -0.2) is 4.98 Å². The molecule has 0 spiro atoms. The van der Waals surface area contributed by atoms with Crippen molar-refractivity contribution in [1.82, 2.24) is 4.98 Å². The number of aromatic nitrogens is 1. The van der Waals surface area contributed by atoms with E-state index in [9.17, 15) is 0 Å². The summed E-state index contributed by atoms with van der Waals surface area (Å²) < 4.78 is 13.8. The van der Waals surface area contributed by atoms with Crippen molar-refractivity contribution in [2.45, 2.75) is 36.2 Å². The highest BCUT2D eigenvalue weighted by molar-refractivity contribution is 9.48. The molecule has 0 saturated carbocycles. The highest BCUT2D eigenvalue weighted by Gasteiger charge is 2.37. The summed E-state index contributed by atoms with van der Waals surface area (Å²) in [6.45, 7) is 4.40. The minimum absolute atomic E-state index is 0.550. The highest BCUT2D eigenvalue weighted by Crippen LogP contribution is 2.58. The van der Waals surface area contributed by atoms with E-state index < -0.39 is 8.56 Å². The van der Waals surface area contributed by atoms with Crippen LogP contribution in [0.25, 0.3) is 10.2 Å². The third kappa shape index (κ3) is 8.89. The van der Waals surface area contributed by atoms with Crippen molar-refractivity contribution in [2.75, 3.05) is 20.0 Å². The van der Waals surface area contributed by atoms with Crippen molar-refractivity contribution in [3.8, 4) is 0 Å². The van der Waals surface area contributed by atoms with E-state index in [0.717, 1.165) is 28.5 Å². The van der Waals surface area contributed by atoms with E-state index in [1.807, 2.05) is 56.2 Å². The average Bonchev–Trinajstić information content (AvgIpc) is 3.14. The number of benzene rings is 1. The first kappa shape index (κ1) is 26.3. The summed E-state index contributed by atoms with van der Waals surface area (Å²) in [6, 6.07) is 8.30. The van der Waals surface area contributed by atoms with Crippen LogP contribution in [0.15, 0.2) is 28.6 Å². The second-order valence-corrected chi connectivity index (χ2v) is 23.6. The molecule has 1 heterocycles. The molecule has 0 bridgehead atoms. The fourth-order valence-electron chi connectivity index (χ4n) is 2.47. The summed E-state index contributed by atoms with van der Waals surface area (Å²) in [5.41, 5.74) is 1.64. The predicted octanol–water partition coefficient (Wildman–Crippen LogP) is 9.46. The third-order valence-electron chi connectivity index (χ3n) is 4.16. The molecule has 0 radical (unpaired) electrons. The largest absolute Gasteiger partial charge is 0.398 e. The van der Waals surface area contributed by atoms with Crippen LogP contribution in [-0.4, -0.2) is 33.5 Å². The van der Waals surface area contributed by atoms with Crippen molar-refractivity contribution < 1.29 is 8.85 Å². The van der Waals surface area contributed by atoms with Crippen molar-refractivity contribution in [2.24, 2.45) is 0 Å². The molecule has 28 heavy (non-hydrogen) atoms. The van der Waals surface area contributed by atoms with Gasteiger partial charge >= 0.3 is 8.56 Å². The minimum atomic E-state index is -2.01. The lowest BCUT2D eigenvalue weighted by Gasteiger charge is -2.31. The van der Waals surface area contributed by atoms with E-state index in [-0.39, 0.29) is 0 Å². The molecule has 0 saturated heterocycles. The normalized spacial score (nSPS) is 13.3. The molecule has 0 N–H and O–H groups in total. The van der Waals surface area contributed by atoms with Crippen LogP contribution in [0.1, 0.15) is 19.8 Å². The lowest BCUT2D eigenvalue weighted by molar-refractivity contribution is 0.233. The molecule has 1 unspecified atom stereocenters. The second kappa shape index (κ2) is 15.0. The molecule has 3 nitrogen and oxygen atoms in total. The van der Waals surface area contributed by atoms with Gasteiger partial charge in [0, 0.05) is 25.5 Å². The molecule has 0 aliphatic carbocycles. The number of hydrogen-bond donors (Lipinski definition) is 0. The molecule has 2 rings (SSSR count). The Morgan fingerprint density at radius 2 is 1.71 bits per heavy atom. The van der Waals surface area contributed by atoms with Crippen molar-refractivity contribution in [3.63, 3.8) is 0 Å². The highest BCUT2D eigenvalue weighted by atomic mass is 34.0. The molecule has 0 aliphatic heterocycles. The van der Waals surface area contributed by atoms with E-state index in [1.54, 1.807) is 56.0 Å². The predicted molar refractivity (Wildman–Crippen MR) is 148 cm³/mol. The van der Waals surface area contributed by atoms with Crippen molar-refractivity contribution >= 4 is 111 Å². The van der Waals surface area contributed by atoms with Crippen LogP contribution in [0.5, 0.6) is 0 Å². The first-order chi connectivity index (χ1) is 13.6. The lowest BCUT2D eigenvalue weighted by Crippen LogP contribution is -2.41. The van der Waals surface area contributed by atoms with Gasteiger partial charge in [-0.2, -0.15) is 0 Å². The van der Waals surface area contributed by atoms with Gasteiger partial charge in [0.25, 0.3) is 0 Å². The monoisotopic (exact) mass is 565 g/mol. The summed E-state index contributed by atoms with van der Waals surface area (Å²) in [7, 11) is 16.1. The Morgan fingerprint density at radius 3 is 2.39 bits per heavy atom. The Balaban J connectivity index is 1.48. The number of hydrogen-bond acceptors (Lipinski definition) is 12. The molecule has 2 aromatic rings. The number of rotatable bonds is 15. The van der Waals surface area contributed by atoms with Crippen LogP contribution in [0.3, 0.4) is 0 Å². The van der Waals surface area contributed by atoms with Gasteiger partial charge in [-0.3, -0.25) is 0 Å². The van der Waals surface area contributed by atoms with E-state index in [1.165, 1.54) is 4.70 Å². The molecule has 1 atom stereocenters. The number of nitrogens with zero attached hydrogens (tertiary/aromatic N) is 1. The van der Waals surface area contributed by atoms with Crippen LogP contribution in [0.2, 0.25) is 12.1 Å². The Hall–Kier alpha value is 2.05. The summed E-state index contributed by atoms with van der Waals surface area (Å²) in [5.74, 6) is 1.13. The molecule has 0 aliphatic rings. The number of thiazole rings is 1. The van der Waals surface area contributed by atoms with Crippen molar-refractivity contribution in [3.05, 3.63) is 24.3 Å². The first-order valence-corrected chi connectivity index (χ1v) is 21.9. The van der Waals surface area contributed by atoms with Crippen LogP contribution in [0, 0.1) is 0 Å². The zero-order valence-electron chi connectivity index (χ0n) is 15.9. The van der Waals surface area contributed by atoms with Gasteiger partial charge in [0.1, 0.15) is 0 Å². The molecule has 1 aromatic carbocycles. The molecule has 13 heteroatoms. The molecular weight excluding hydrogens is 543 g/mol. The summed E-state index contributed by atoms with van der Waals surface area (Å²) >= 11 is 1.76. The van der Waals surface area contributed by atoms with Gasteiger partial charge in [-0.15, -0.1) is 11.3 Å². The van der Waals surface area contributed by atoms with Crippen LogP contribution < -0.4 is 0 Å². The quantitative estimate of drug-likeness (QED) is 0.117. The Bertz CT molecular complexity index is 655. The molecule has 0 fully saturated rings. The average molecular weight is 566 g/mol. The van der Waals surface area contributed by atoms with E-state index in [2.05, 4.69) is 36.7 Å². The summed E-state index contributed by atoms with van der Waals surface area (Å²) in [4.78, 5) is 4.63. The SMILES string of the molecule is CCC(CCSSSSSSSSc1nc2ccccc2s1)[Si](C)(OC)OC. The van der Waals surface area contributed by atoms with Crippen LogP contribution in [0.4, 0.5) is 0 Å². The smallest absolute Gasteiger partial charge is 0.337 e. The van der Waals surface area contributed by atoms with Crippen molar-refractivity contribution in [1.29, 1.82) is 0 Å². The lowest BCUT2D eigenvalue weighted by atomic mass is 10.3. The Labute approximate surface area is 203 Å². The standard InChI is InChI=1S/C15H23NO2S9Si/c1-5-12(28(4,17-2)18-3)10-11-19-22-24-26-27-25-23-21-15-16-13-8-6-7-9-14(13)20-15/h6-9,12H,5,10-11H2,1-4H3. The van der Waals surface area contributed by atoms with E-state index in [0.29, 0.717) is 5.54 Å². The third-order valence-corrected chi connectivity index (χ3v) is 24.5. The zero-order chi connectivity index (χ0) is 20.2. The molecule has 0 amide bonds. The maximum atomic E-state index is 5.70. The second-order valence-electron chi connectivity index (χ2n) is 5.58. The van der Waals surface area contributed by atoms with Gasteiger partial charge in [0.05, 0.1) is 10.2 Å². The van der Waals surface area contributed by atoms with Crippen LogP contribution in [-0.2, 0) is 8.85 Å². The topological polar surface area (TPSA) is 31.4 Å². The minimum Gasteiger partial charge on any atom is -0.398 e. The molecule has 158 valence electrons. The summed E-state index contributed by atoms with van der Waals surface area (Å²) in [5, 5.41) is 0. The van der Waals surface area contributed by atoms with E-state index in [4.69, 9.17) is 8.85 Å². The molecule has 1 aromatic heterocycles. The van der Waals surface area contributed by atoms with Gasteiger partial charge < -0.3 is 8.85 Å². The summed E-state index contributed by atoms with van der Waals surface area (Å²) in [6.07, 6.45) is 2.27. The maximum Gasteiger partial charge on any atom is 0.337 e. The van der Waals surface area contributed by atoms with Gasteiger partial charge in [-0.1, -0.05) is 36.3 Å². The first-order valence-electron chi connectivity index (χ1n) is 8.38. The van der Waals surface area contributed by atoms with Crippen LogP contribution >= 0.6 is 91.9 Å². The van der Waals surface area contributed by atoms with Gasteiger partial charge in [0.2, 0.25) is 0 Å². The maximum absolute atomic E-state index is 5.70.